The van der Waals surface area contributed by atoms with Crippen LogP contribution in [0.25, 0.3) is 32.2 Å². The van der Waals surface area contributed by atoms with E-state index in [4.69, 9.17) is 21.6 Å². The van der Waals surface area contributed by atoms with Gasteiger partial charge in [0.2, 0.25) is 0 Å². The van der Waals surface area contributed by atoms with Gasteiger partial charge in [0.05, 0.1) is 45.8 Å². The fraction of sp³-hybridized carbons (Fsp3) is 0.0833. The lowest BCUT2D eigenvalue weighted by molar-refractivity contribution is 0.0699. The lowest BCUT2D eigenvalue weighted by Gasteiger charge is -2.14. The maximum atomic E-state index is 12.8. The minimum atomic E-state index is -1.05. The van der Waals surface area contributed by atoms with Gasteiger partial charge in [0.25, 0.3) is 5.56 Å². The van der Waals surface area contributed by atoms with Crippen molar-refractivity contribution in [3.8, 4) is 22.9 Å². The van der Waals surface area contributed by atoms with Crippen molar-refractivity contribution in [2.24, 2.45) is 0 Å². The highest BCUT2D eigenvalue weighted by molar-refractivity contribution is 7.18. The van der Waals surface area contributed by atoms with E-state index in [-0.39, 0.29) is 30.0 Å². The van der Waals surface area contributed by atoms with E-state index >= 15 is 0 Å². The molecule has 0 spiro atoms. The Labute approximate surface area is 206 Å². The molecule has 1 aromatic carbocycles. The largest absolute Gasteiger partial charge is 0.491 e. The molecule has 172 valence electrons. The molecule has 0 fully saturated rings. The van der Waals surface area contributed by atoms with E-state index in [0.717, 1.165) is 5.56 Å². The molecule has 0 unspecified atom stereocenters. The molecule has 0 saturated heterocycles. The predicted octanol–water partition coefficient (Wildman–Crippen LogP) is 4.37. The predicted molar refractivity (Wildman–Crippen MR) is 131 cm³/mol. The number of ether oxygens (including phenoxy) is 1. The Morgan fingerprint density at radius 2 is 2.06 bits per heavy atom. The van der Waals surface area contributed by atoms with Crippen molar-refractivity contribution in [3.05, 3.63) is 81.1 Å². The quantitative estimate of drug-likeness (QED) is 0.361. The van der Waals surface area contributed by atoms with Gasteiger partial charge < -0.3 is 9.84 Å². The van der Waals surface area contributed by atoms with E-state index in [9.17, 15) is 14.7 Å². The van der Waals surface area contributed by atoms with Gasteiger partial charge in [-0.3, -0.25) is 14.3 Å². The van der Waals surface area contributed by atoms with Gasteiger partial charge in [0.1, 0.15) is 24.1 Å². The second-order valence-electron chi connectivity index (χ2n) is 7.42. The molecule has 4 heterocycles. The summed E-state index contributed by atoms with van der Waals surface area (Å²) in [6, 6.07) is 10.3. The molecule has 4 aromatic heterocycles. The zero-order valence-electron chi connectivity index (χ0n) is 17.8. The van der Waals surface area contributed by atoms with Crippen LogP contribution in [0.15, 0.2) is 59.2 Å². The van der Waals surface area contributed by atoms with Crippen molar-refractivity contribution in [1.82, 2.24) is 19.5 Å². The molecular weight excluding hydrogens is 490 g/mol. The van der Waals surface area contributed by atoms with E-state index in [1.807, 2.05) is 6.07 Å². The maximum absolute atomic E-state index is 12.8. The third-order valence-electron chi connectivity index (χ3n) is 5.33. The summed E-state index contributed by atoms with van der Waals surface area (Å²) in [5.74, 6) is -0.527. The summed E-state index contributed by atoms with van der Waals surface area (Å²) in [6.07, 6.45) is 4.36. The normalized spacial score (nSPS) is 11.0. The zero-order chi connectivity index (χ0) is 24.5. The fourth-order valence-corrected chi connectivity index (χ4v) is 4.87. The number of thiophene rings is 1. The zero-order valence-corrected chi connectivity index (χ0v) is 19.4. The van der Waals surface area contributed by atoms with Crippen LogP contribution >= 0.6 is 22.9 Å². The number of benzene rings is 1. The van der Waals surface area contributed by atoms with Gasteiger partial charge in [-0.1, -0.05) is 11.6 Å². The van der Waals surface area contributed by atoms with Crippen LogP contribution in [-0.2, 0) is 6.54 Å². The first-order valence-electron chi connectivity index (χ1n) is 10.2. The van der Waals surface area contributed by atoms with Gasteiger partial charge in [-0.25, -0.2) is 14.8 Å². The summed E-state index contributed by atoms with van der Waals surface area (Å²) >= 11 is 7.54. The number of nitriles is 1. The van der Waals surface area contributed by atoms with Crippen LogP contribution in [0, 0.1) is 11.3 Å². The number of fused-ring (bicyclic) bond motifs is 2. The van der Waals surface area contributed by atoms with Gasteiger partial charge in [-0.2, -0.15) is 5.26 Å². The number of carboxylic acids is 1. The molecule has 0 atom stereocenters. The summed E-state index contributed by atoms with van der Waals surface area (Å²) in [6.45, 7) is 0.360. The van der Waals surface area contributed by atoms with E-state index in [1.165, 1.54) is 34.5 Å². The van der Waals surface area contributed by atoms with Gasteiger partial charge in [0, 0.05) is 27.7 Å². The summed E-state index contributed by atoms with van der Waals surface area (Å²) in [5.41, 5.74) is 2.19. The summed E-state index contributed by atoms with van der Waals surface area (Å²) in [4.78, 5) is 36.8. The number of pyridine rings is 2. The van der Waals surface area contributed by atoms with Crippen LogP contribution in [0.2, 0.25) is 5.02 Å². The number of carboxylic acid groups (broad SMARTS) is 1. The highest BCUT2D eigenvalue weighted by Crippen LogP contribution is 2.39. The number of halogens is 1. The van der Waals surface area contributed by atoms with E-state index in [1.54, 1.807) is 35.8 Å². The molecule has 5 aromatic rings. The lowest BCUT2D eigenvalue weighted by atomic mass is 10.0. The number of carbonyl (C=O) groups is 1. The average molecular weight is 504 g/mol. The minimum absolute atomic E-state index is 0.134. The van der Waals surface area contributed by atoms with E-state index in [2.05, 4.69) is 15.0 Å². The molecule has 0 aliphatic carbocycles. The molecule has 0 aliphatic rings. The van der Waals surface area contributed by atoms with Crippen LogP contribution in [0.3, 0.4) is 0 Å². The topological polar surface area (TPSA) is 131 Å². The van der Waals surface area contributed by atoms with Crippen LogP contribution in [-0.4, -0.2) is 37.2 Å². The number of aromatic nitrogens is 4. The molecule has 1 N–H and O–H groups in total. The maximum Gasteiger partial charge on any atom is 0.338 e. The van der Waals surface area contributed by atoms with Crippen LogP contribution in [0.4, 0.5) is 0 Å². The standard InChI is InChI=1S/C24H14ClN5O4S/c25-13-1-2-20(16(7-13)15-3-4-27-21-18(24(32)33)11-35-22(15)21)34-6-5-30-12-29-19-10-28-14(9-26)8-17(19)23(30)31/h1-4,7-8,10-12H,5-6H2,(H,32,33). The number of hydrogen-bond acceptors (Lipinski definition) is 8. The number of nitrogens with zero attached hydrogens (tertiary/aromatic N) is 5. The average Bonchev–Trinajstić information content (AvgIpc) is 3.31. The molecule has 9 nitrogen and oxygen atoms in total. The summed E-state index contributed by atoms with van der Waals surface area (Å²) < 4.78 is 8.13. The molecule has 0 bridgehead atoms. The lowest BCUT2D eigenvalue weighted by Crippen LogP contribution is -2.23. The molecule has 0 amide bonds. The molecule has 5 rings (SSSR count). The highest BCUT2D eigenvalue weighted by Gasteiger charge is 2.18. The number of hydrogen-bond donors (Lipinski definition) is 1. The van der Waals surface area contributed by atoms with E-state index < -0.39 is 5.97 Å². The highest BCUT2D eigenvalue weighted by atomic mass is 35.5. The monoisotopic (exact) mass is 503 g/mol. The Morgan fingerprint density at radius 3 is 2.86 bits per heavy atom. The third kappa shape index (κ3) is 4.19. The minimum Gasteiger partial charge on any atom is -0.491 e. The van der Waals surface area contributed by atoms with Crippen molar-refractivity contribution in [1.29, 1.82) is 5.26 Å². The second-order valence-corrected chi connectivity index (χ2v) is 8.74. The third-order valence-corrected chi connectivity index (χ3v) is 6.57. The van der Waals surface area contributed by atoms with Crippen molar-refractivity contribution in [2.75, 3.05) is 6.61 Å². The first kappa shape index (κ1) is 22.5. The second kappa shape index (κ2) is 9.13. The van der Waals surface area contributed by atoms with Crippen molar-refractivity contribution >= 4 is 50.0 Å². The van der Waals surface area contributed by atoms with Crippen LogP contribution in [0.5, 0.6) is 5.75 Å². The Balaban J connectivity index is 1.45. The summed E-state index contributed by atoms with van der Waals surface area (Å²) in [5, 5.41) is 20.8. The number of rotatable bonds is 6. The Hall–Kier alpha value is -4.33. The first-order chi connectivity index (χ1) is 17.0. The van der Waals surface area contributed by atoms with Crippen LogP contribution in [0.1, 0.15) is 16.1 Å². The van der Waals surface area contributed by atoms with Gasteiger partial charge in [-0.15, -0.1) is 11.3 Å². The number of aromatic carboxylic acids is 1. The smallest absolute Gasteiger partial charge is 0.338 e. The van der Waals surface area contributed by atoms with Crippen LogP contribution < -0.4 is 10.3 Å². The first-order valence-corrected chi connectivity index (χ1v) is 11.5. The fourth-order valence-electron chi connectivity index (χ4n) is 3.67. The van der Waals surface area contributed by atoms with Gasteiger partial charge in [-0.05, 0) is 30.3 Å². The van der Waals surface area contributed by atoms with Crippen molar-refractivity contribution in [2.45, 2.75) is 6.54 Å². The molecular formula is C24H14ClN5O4S. The van der Waals surface area contributed by atoms with E-state index in [0.29, 0.717) is 37.5 Å². The molecule has 11 heteroatoms. The SMILES string of the molecule is N#Cc1cc2c(=O)n(CCOc3ccc(Cl)cc3-c3ccnc4c(C(=O)O)csc34)cnc2cn1. The van der Waals surface area contributed by atoms with Gasteiger partial charge in [0.15, 0.2) is 0 Å². The van der Waals surface area contributed by atoms with Crippen molar-refractivity contribution < 1.29 is 14.6 Å². The Morgan fingerprint density at radius 1 is 1.20 bits per heavy atom. The molecule has 0 aliphatic heterocycles. The molecule has 0 saturated carbocycles. The Kier molecular flexibility index (Phi) is 5.86. The van der Waals surface area contributed by atoms with Crippen molar-refractivity contribution in [3.63, 3.8) is 0 Å². The molecule has 35 heavy (non-hydrogen) atoms. The Bertz CT molecular complexity index is 1720. The summed E-state index contributed by atoms with van der Waals surface area (Å²) in [7, 11) is 0. The molecule has 0 radical (unpaired) electrons. The van der Waals surface area contributed by atoms with Gasteiger partial charge >= 0.3 is 5.97 Å².